The molecule has 0 spiro atoms. The first kappa shape index (κ1) is 18.6. The topological polar surface area (TPSA) is 87.3 Å². The van der Waals surface area contributed by atoms with Crippen molar-refractivity contribution in [2.75, 3.05) is 13.1 Å². The molecule has 1 atom stereocenters. The first-order chi connectivity index (χ1) is 13.1. The molecule has 1 aliphatic rings. The largest absolute Gasteiger partial charge is 0.354 e. The lowest BCUT2D eigenvalue weighted by atomic mass is 10.0. The Labute approximate surface area is 158 Å². The van der Waals surface area contributed by atoms with Gasteiger partial charge in [0.25, 0.3) is 5.91 Å². The summed E-state index contributed by atoms with van der Waals surface area (Å²) in [6.45, 7) is 0.476. The van der Waals surface area contributed by atoms with Gasteiger partial charge in [0.2, 0.25) is 11.8 Å². The fourth-order valence-electron chi connectivity index (χ4n) is 3.03. The van der Waals surface area contributed by atoms with Crippen LogP contribution in [0.3, 0.4) is 0 Å². The molecule has 1 unspecified atom stereocenters. The van der Waals surface area contributed by atoms with E-state index in [1.807, 2.05) is 42.5 Å². The second-order valence-corrected chi connectivity index (χ2v) is 6.53. The number of hydrogen-bond acceptors (Lipinski definition) is 3. The van der Waals surface area contributed by atoms with Gasteiger partial charge < -0.3 is 16.0 Å². The van der Waals surface area contributed by atoms with Crippen LogP contribution < -0.4 is 16.0 Å². The molecule has 2 aromatic rings. The van der Waals surface area contributed by atoms with Gasteiger partial charge >= 0.3 is 0 Å². The van der Waals surface area contributed by atoms with Crippen molar-refractivity contribution in [3.05, 3.63) is 60.2 Å². The number of amides is 3. The van der Waals surface area contributed by atoms with Crippen LogP contribution in [0.5, 0.6) is 0 Å². The first-order valence-corrected chi connectivity index (χ1v) is 9.14. The van der Waals surface area contributed by atoms with E-state index in [0.717, 1.165) is 24.0 Å². The Hall–Kier alpha value is -3.15. The van der Waals surface area contributed by atoms with Gasteiger partial charge in [-0.3, -0.25) is 14.4 Å². The lowest BCUT2D eigenvalue weighted by Crippen LogP contribution is -2.48. The highest BCUT2D eigenvalue weighted by atomic mass is 16.2. The maximum Gasteiger partial charge on any atom is 0.251 e. The Balaban J connectivity index is 1.51. The van der Waals surface area contributed by atoms with Crippen LogP contribution in [0.4, 0.5) is 0 Å². The van der Waals surface area contributed by atoms with Gasteiger partial charge in [0.05, 0.1) is 6.54 Å². The van der Waals surface area contributed by atoms with Crippen molar-refractivity contribution in [1.29, 1.82) is 0 Å². The molecule has 0 bridgehead atoms. The average Bonchev–Trinajstić information content (AvgIpc) is 2.91. The van der Waals surface area contributed by atoms with Gasteiger partial charge in [-0.1, -0.05) is 42.5 Å². The molecule has 1 heterocycles. The first-order valence-electron chi connectivity index (χ1n) is 9.14. The second kappa shape index (κ2) is 8.98. The predicted molar refractivity (Wildman–Crippen MR) is 103 cm³/mol. The summed E-state index contributed by atoms with van der Waals surface area (Å²) in [4.78, 5) is 36.1. The molecule has 0 radical (unpaired) electrons. The van der Waals surface area contributed by atoms with E-state index in [4.69, 9.17) is 0 Å². The Morgan fingerprint density at radius 1 is 0.963 bits per heavy atom. The van der Waals surface area contributed by atoms with Crippen LogP contribution in [-0.2, 0) is 9.59 Å². The van der Waals surface area contributed by atoms with Crippen LogP contribution in [0.1, 0.15) is 29.6 Å². The van der Waals surface area contributed by atoms with E-state index in [-0.39, 0.29) is 24.3 Å². The Kier molecular flexibility index (Phi) is 6.20. The zero-order valence-electron chi connectivity index (χ0n) is 15.0. The van der Waals surface area contributed by atoms with Crippen molar-refractivity contribution in [2.45, 2.75) is 25.3 Å². The van der Waals surface area contributed by atoms with E-state index in [1.165, 1.54) is 0 Å². The summed E-state index contributed by atoms with van der Waals surface area (Å²) in [5.41, 5.74) is 2.57. The zero-order chi connectivity index (χ0) is 19.1. The maximum absolute atomic E-state index is 12.2. The van der Waals surface area contributed by atoms with E-state index in [1.54, 1.807) is 12.1 Å². The number of carbonyl (C=O) groups excluding carboxylic acids is 3. The lowest BCUT2D eigenvalue weighted by Gasteiger charge is -2.15. The molecule has 27 heavy (non-hydrogen) atoms. The Morgan fingerprint density at radius 2 is 1.67 bits per heavy atom. The highest BCUT2D eigenvalue weighted by Gasteiger charge is 2.22. The fraction of sp³-hybridized carbons (Fsp3) is 0.286. The molecule has 3 N–H and O–H groups in total. The second-order valence-electron chi connectivity index (χ2n) is 6.53. The number of carbonyl (C=O) groups is 3. The van der Waals surface area contributed by atoms with Crippen molar-refractivity contribution in [2.24, 2.45) is 0 Å². The van der Waals surface area contributed by atoms with Crippen molar-refractivity contribution < 1.29 is 14.4 Å². The number of hydrogen-bond donors (Lipinski definition) is 3. The van der Waals surface area contributed by atoms with Gasteiger partial charge in [-0.2, -0.15) is 0 Å². The molecule has 2 aromatic carbocycles. The van der Waals surface area contributed by atoms with E-state index in [9.17, 15) is 14.4 Å². The van der Waals surface area contributed by atoms with Crippen LogP contribution in [-0.4, -0.2) is 36.9 Å². The van der Waals surface area contributed by atoms with Gasteiger partial charge in [0.15, 0.2) is 0 Å². The summed E-state index contributed by atoms with van der Waals surface area (Å²) in [5, 5.41) is 8.04. The number of nitrogens with one attached hydrogen (secondary N) is 3. The van der Waals surface area contributed by atoms with Gasteiger partial charge in [-0.05, 0) is 42.5 Å². The molecule has 0 aromatic heterocycles. The minimum atomic E-state index is -0.526. The van der Waals surface area contributed by atoms with Gasteiger partial charge in [0.1, 0.15) is 6.04 Å². The molecule has 6 nitrogen and oxygen atoms in total. The van der Waals surface area contributed by atoms with Crippen molar-refractivity contribution in [3.8, 4) is 11.1 Å². The van der Waals surface area contributed by atoms with Gasteiger partial charge in [-0.25, -0.2) is 0 Å². The molecule has 3 rings (SSSR count). The normalized spacial score (nSPS) is 16.7. The summed E-state index contributed by atoms with van der Waals surface area (Å²) >= 11 is 0. The summed E-state index contributed by atoms with van der Waals surface area (Å²) in [5.74, 6) is -0.856. The SMILES string of the molecule is O=C(CNC(=O)c1ccc(-c2ccccc2)cc1)NC1CCCCNC1=O. The summed E-state index contributed by atoms with van der Waals surface area (Å²) in [7, 11) is 0. The Morgan fingerprint density at radius 3 is 2.41 bits per heavy atom. The average molecular weight is 365 g/mol. The van der Waals surface area contributed by atoms with Gasteiger partial charge in [-0.15, -0.1) is 0 Å². The summed E-state index contributed by atoms with van der Waals surface area (Å²) in [6, 6.07) is 16.6. The molecule has 3 amide bonds. The number of benzene rings is 2. The molecular formula is C21H23N3O3. The highest BCUT2D eigenvalue weighted by molar-refractivity contribution is 5.97. The number of rotatable bonds is 5. The lowest BCUT2D eigenvalue weighted by molar-refractivity contribution is -0.128. The van der Waals surface area contributed by atoms with E-state index in [0.29, 0.717) is 18.5 Å². The highest BCUT2D eigenvalue weighted by Crippen LogP contribution is 2.19. The minimum absolute atomic E-state index is 0.163. The third kappa shape index (κ3) is 5.17. The monoisotopic (exact) mass is 365 g/mol. The summed E-state index contributed by atoms with van der Waals surface area (Å²) in [6.07, 6.45) is 2.41. The Bertz CT molecular complexity index is 803. The maximum atomic E-state index is 12.2. The third-order valence-corrected chi connectivity index (χ3v) is 4.53. The van der Waals surface area contributed by atoms with Gasteiger partial charge in [0, 0.05) is 12.1 Å². The van der Waals surface area contributed by atoms with E-state index in [2.05, 4.69) is 16.0 Å². The molecule has 0 aliphatic carbocycles. The standard InChI is InChI=1S/C21H23N3O3/c25-19(24-18-8-4-5-13-22-21(18)27)14-23-20(26)17-11-9-16(10-12-17)15-6-2-1-3-7-15/h1-3,6-7,9-12,18H,4-5,8,13-14H2,(H,22,27)(H,23,26)(H,24,25). The third-order valence-electron chi connectivity index (χ3n) is 4.53. The molecule has 1 aliphatic heterocycles. The van der Waals surface area contributed by atoms with Crippen molar-refractivity contribution in [1.82, 2.24) is 16.0 Å². The van der Waals surface area contributed by atoms with Crippen LogP contribution in [0.15, 0.2) is 54.6 Å². The quantitative estimate of drug-likeness (QED) is 0.756. The minimum Gasteiger partial charge on any atom is -0.354 e. The smallest absolute Gasteiger partial charge is 0.251 e. The molecule has 6 heteroatoms. The zero-order valence-corrected chi connectivity index (χ0v) is 15.0. The molecular weight excluding hydrogens is 342 g/mol. The predicted octanol–water partition coefficient (Wildman–Crippen LogP) is 1.87. The van der Waals surface area contributed by atoms with Crippen LogP contribution in [0.25, 0.3) is 11.1 Å². The molecule has 1 fully saturated rings. The molecule has 1 saturated heterocycles. The van der Waals surface area contributed by atoms with Crippen molar-refractivity contribution >= 4 is 17.7 Å². The fourth-order valence-corrected chi connectivity index (χ4v) is 3.03. The van der Waals surface area contributed by atoms with E-state index < -0.39 is 6.04 Å². The molecule has 140 valence electrons. The van der Waals surface area contributed by atoms with Crippen molar-refractivity contribution in [3.63, 3.8) is 0 Å². The summed E-state index contributed by atoms with van der Waals surface area (Å²) < 4.78 is 0. The van der Waals surface area contributed by atoms with Crippen LogP contribution in [0, 0.1) is 0 Å². The molecule has 0 saturated carbocycles. The van der Waals surface area contributed by atoms with Crippen LogP contribution in [0.2, 0.25) is 0 Å². The van der Waals surface area contributed by atoms with Crippen LogP contribution >= 0.6 is 0 Å². The van der Waals surface area contributed by atoms with E-state index >= 15 is 0 Å².